The summed E-state index contributed by atoms with van der Waals surface area (Å²) < 4.78 is 13.5. The lowest BCUT2D eigenvalue weighted by Gasteiger charge is -2.30. The molecule has 0 saturated carbocycles. The van der Waals surface area contributed by atoms with E-state index in [1.165, 1.54) is 23.1 Å². The highest BCUT2D eigenvalue weighted by atomic mass is 19.1. The molecule has 0 saturated heterocycles. The van der Waals surface area contributed by atoms with Gasteiger partial charge < -0.3 is 10.2 Å². The lowest BCUT2D eigenvalue weighted by molar-refractivity contribution is -0.121. The molecular weight excluding hydrogens is 397 g/mol. The Morgan fingerprint density at radius 3 is 2.58 bits per heavy atom. The Morgan fingerprint density at radius 1 is 1.06 bits per heavy atom. The first kappa shape index (κ1) is 20.4. The molecule has 2 amide bonds. The van der Waals surface area contributed by atoms with Crippen molar-refractivity contribution in [3.63, 3.8) is 0 Å². The predicted molar refractivity (Wildman–Crippen MR) is 113 cm³/mol. The van der Waals surface area contributed by atoms with E-state index in [1.54, 1.807) is 55.8 Å². The van der Waals surface area contributed by atoms with Gasteiger partial charge in [0.05, 0.1) is 5.69 Å². The van der Waals surface area contributed by atoms with Crippen molar-refractivity contribution in [1.29, 1.82) is 0 Å². The van der Waals surface area contributed by atoms with Gasteiger partial charge in [0, 0.05) is 37.1 Å². The van der Waals surface area contributed by atoms with Gasteiger partial charge in [0.15, 0.2) is 5.78 Å². The van der Waals surface area contributed by atoms with Crippen molar-refractivity contribution in [3.05, 3.63) is 95.1 Å². The summed E-state index contributed by atoms with van der Waals surface area (Å²) in [6, 6.07) is 14.2. The minimum absolute atomic E-state index is 0.0949. The number of amides is 2. The number of ketones is 1. The van der Waals surface area contributed by atoms with Crippen LogP contribution < -0.4 is 10.2 Å². The number of hydrogen-bond acceptors (Lipinski definition) is 4. The van der Waals surface area contributed by atoms with E-state index in [4.69, 9.17) is 0 Å². The van der Waals surface area contributed by atoms with Crippen molar-refractivity contribution in [1.82, 2.24) is 10.3 Å². The highest BCUT2D eigenvalue weighted by Crippen LogP contribution is 2.32. The Balaban J connectivity index is 1.57. The zero-order valence-corrected chi connectivity index (χ0v) is 16.8. The minimum atomic E-state index is -0.963. The third-order valence-corrected chi connectivity index (χ3v) is 5.36. The zero-order chi connectivity index (χ0) is 22.0. The summed E-state index contributed by atoms with van der Waals surface area (Å²) in [5.41, 5.74) is 2.55. The second kappa shape index (κ2) is 8.47. The average Bonchev–Trinajstić information content (AvgIpc) is 2.79. The maximum absolute atomic E-state index is 13.5. The van der Waals surface area contributed by atoms with Crippen LogP contribution in [-0.4, -0.2) is 29.6 Å². The molecular formula is C24H20FN3O3. The molecule has 1 aliphatic heterocycles. The van der Waals surface area contributed by atoms with Crippen molar-refractivity contribution in [2.75, 3.05) is 11.9 Å². The van der Waals surface area contributed by atoms with E-state index < -0.39 is 11.7 Å². The molecule has 1 N–H and O–H groups in total. The molecule has 1 unspecified atom stereocenters. The van der Waals surface area contributed by atoms with Gasteiger partial charge in [-0.15, -0.1) is 0 Å². The molecule has 7 heteroatoms. The first-order chi connectivity index (χ1) is 14.9. The van der Waals surface area contributed by atoms with Crippen LogP contribution in [-0.2, 0) is 17.8 Å². The molecule has 1 aromatic heterocycles. The smallest absolute Gasteiger partial charge is 0.251 e. The summed E-state index contributed by atoms with van der Waals surface area (Å²) in [6.45, 7) is 0.326. The molecule has 0 spiro atoms. The van der Waals surface area contributed by atoms with Crippen LogP contribution in [0.25, 0.3) is 0 Å². The predicted octanol–water partition coefficient (Wildman–Crippen LogP) is 3.17. The first-order valence-electron chi connectivity index (χ1n) is 9.81. The monoisotopic (exact) mass is 417 g/mol. The van der Waals surface area contributed by atoms with E-state index in [0.29, 0.717) is 28.9 Å². The van der Waals surface area contributed by atoms with Gasteiger partial charge in [0.2, 0.25) is 5.91 Å². The van der Waals surface area contributed by atoms with Gasteiger partial charge in [-0.25, -0.2) is 4.39 Å². The van der Waals surface area contributed by atoms with Crippen LogP contribution in [0.5, 0.6) is 0 Å². The average molecular weight is 417 g/mol. The van der Waals surface area contributed by atoms with Crippen LogP contribution in [0.3, 0.4) is 0 Å². The molecule has 156 valence electrons. The topological polar surface area (TPSA) is 79.4 Å². The number of aromatic nitrogens is 1. The molecule has 0 aliphatic carbocycles. The Labute approximate surface area is 178 Å². The lowest BCUT2D eigenvalue weighted by atomic mass is 9.85. The number of pyridine rings is 1. The highest BCUT2D eigenvalue weighted by molar-refractivity contribution is 6.22. The summed E-state index contributed by atoms with van der Waals surface area (Å²) in [5, 5.41) is 2.81. The quantitative estimate of drug-likeness (QED) is 0.647. The molecule has 1 aliphatic rings. The van der Waals surface area contributed by atoms with Crippen molar-refractivity contribution >= 4 is 23.3 Å². The summed E-state index contributed by atoms with van der Waals surface area (Å²) in [6.07, 6.45) is 3.38. The van der Waals surface area contributed by atoms with E-state index >= 15 is 0 Å². The molecule has 4 rings (SSSR count). The van der Waals surface area contributed by atoms with E-state index in [9.17, 15) is 18.8 Å². The third kappa shape index (κ3) is 4.21. The number of rotatable bonds is 5. The fourth-order valence-electron chi connectivity index (χ4n) is 3.68. The Hall–Kier alpha value is -3.87. The van der Waals surface area contributed by atoms with Crippen molar-refractivity contribution in [2.24, 2.45) is 5.92 Å². The van der Waals surface area contributed by atoms with Crippen molar-refractivity contribution < 1.29 is 18.8 Å². The molecule has 0 bridgehead atoms. The highest BCUT2D eigenvalue weighted by Gasteiger charge is 2.38. The largest absolute Gasteiger partial charge is 0.348 e. The number of Topliss-reactive ketones (excluding diaryl/α,β-unsaturated/α-hetero) is 1. The second-order valence-electron chi connectivity index (χ2n) is 7.42. The van der Waals surface area contributed by atoms with E-state index in [2.05, 4.69) is 10.3 Å². The molecule has 2 aromatic carbocycles. The summed E-state index contributed by atoms with van der Waals surface area (Å²) in [4.78, 5) is 43.9. The zero-order valence-electron chi connectivity index (χ0n) is 16.8. The van der Waals surface area contributed by atoms with Gasteiger partial charge in [-0.1, -0.05) is 12.1 Å². The van der Waals surface area contributed by atoms with E-state index in [0.717, 1.165) is 5.56 Å². The molecule has 6 nitrogen and oxygen atoms in total. The van der Waals surface area contributed by atoms with Crippen LogP contribution in [0.1, 0.15) is 31.8 Å². The van der Waals surface area contributed by atoms with Gasteiger partial charge in [0.1, 0.15) is 11.7 Å². The van der Waals surface area contributed by atoms with Crippen molar-refractivity contribution in [2.45, 2.75) is 13.0 Å². The van der Waals surface area contributed by atoms with Gasteiger partial charge >= 0.3 is 0 Å². The summed E-state index contributed by atoms with van der Waals surface area (Å²) in [5.74, 6) is -2.43. The van der Waals surface area contributed by atoms with Crippen LogP contribution >= 0.6 is 0 Å². The Morgan fingerprint density at radius 2 is 1.84 bits per heavy atom. The molecule has 0 fully saturated rings. The van der Waals surface area contributed by atoms with Gasteiger partial charge in [-0.2, -0.15) is 0 Å². The second-order valence-corrected chi connectivity index (χ2v) is 7.42. The molecule has 2 heterocycles. The fourth-order valence-corrected chi connectivity index (χ4v) is 3.68. The lowest BCUT2D eigenvalue weighted by Crippen LogP contribution is -2.43. The number of benzene rings is 2. The molecule has 3 aromatic rings. The molecule has 31 heavy (non-hydrogen) atoms. The van der Waals surface area contributed by atoms with Gasteiger partial charge in [-0.3, -0.25) is 19.4 Å². The Kier molecular flexibility index (Phi) is 5.58. The third-order valence-electron chi connectivity index (χ3n) is 5.36. The SMILES string of the molecule is CN1C(=O)C(Cc2cccc(F)c2)C(=O)c2cc(C(=O)NCc3ccncc3)ccc21. The normalized spacial score (nSPS) is 15.5. The van der Waals surface area contributed by atoms with Crippen LogP contribution in [0.2, 0.25) is 0 Å². The summed E-state index contributed by atoms with van der Waals surface area (Å²) >= 11 is 0. The van der Waals surface area contributed by atoms with E-state index in [-0.39, 0.29) is 24.0 Å². The number of nitrogens with zero attached hydrogens (tertiary/aromatic N) is 2. The maximum atomic E-state index is 13.5. The molecule has 1 atom stereocenters. The van der Waals surface area contributed by atoms with Crippen LogP contribution in [0.15, 0.2) is 67.0 Å². The number of hydrogen-bond donors (Lipinski definition) is 1. The standard InChI is InChI=1S/C24H20FN3O3/c1-28-21-6-5-17(23(30)27-14-15-7-9-26-10-8-15)13-19(21)22(29)20(24(28)31)12-16-3-2-4-18(25)11-16/h2-11,13,20H,12,14H2,1H3,(H,27,30). The summed E-state index contributed by atoms with van der Waals surface area (Å²) in [7, 11) is 1.59. The number of nitrogens with one attached hydrogen (secondary N) is 1. The van der Waals surface area contributed by atoms with Crippen LogP contribution in [0.4, 0.5) is 10.1 Å². The van der Waals surface area contributed by atoms with Crippen LogP contribution in [0, 0.1) is 11.7 Å². The number of carbonyl (C=O) groups is 3. The fraction of sp³-hybridized carbons (Fsp3) is 0.167. The number of fused-ring (bicyclic) bond motifs is 1. The van der Waals surface area contributed by atoms with E-state index in [1.807, 2.05) is 0 Å². The number of anilines is 1. The number of halogens is 1. The van der Waals surface area contributed by atoms with Crippen molar-refractivity contribution in [3.8, 4) is 0 Å². The maximum Gasteiger partial charge on any atom is 0.251 e. The molecule has 0 radical (unpaired) electrons. The minimum Gasteiger partial charge on any atom is -0.348 e. The van der Waals surface area contributed by atoms with Gasteiger partial charge in [-0.05, 0) is 60.0 Å². The van der Waals surface area contributed by atoms with Gasteiger partial charge in [0.25, 0.3) is 5.91 Å². The first-order valence-corrected chi connectivity index (χ1v) is 9.81. The number of carbonyl (C=O) groups excluding carboxylic acids is 3. The Bertz CT molecular complexity index is 1160.